The van der Waals surface area contributed by atoms with E-state index in [9.17, 15) is 19.8 Å². The van der Waals surface area contributed by atoms with Gasteiger partial charge >= 0.3 is 0 Å². The number of amides is 1. The van der Waals surface area contributed by atoms with E-state index in [0.717, 1.165) is 33.6 Å². The van der Waals surface area contributed by atoms with Crippen molar-refractivity contribution in [2.45, 2.75) is 6.10 Å². The molecule has 8 nitrogen and oxygen atoms in total. The maximum Gasteiger partial charge on any atom is 0.246 e. The molecule has 2 aliphatic rings. The minimum Gasteiger partial charge on any atom is -0.508 e. The number of phenols is 2. The third-order valence-corrected chi connectivity index (χ3v) is 8.52. The number of ether oxygens (including phenoxy) is 2. The molecule has 2 saturated heterocycles. The largest absolute Gasteiger partial charge is 0.508 e. The van der Waals surface area contributed by atoms with E-state index in [1.54, 1.807) is 65.6 Å². The highest BCUT2D eigenvalue weighted by atomic mass is 32.1. The summed E-state index contributed by atoms with van der Waals surface area (Å²) in [6.45, 7) is 4.69. The number of rotatable bonds is 8. The first-order valence-electron chi connectivity index (χ1n) is 13.6. The molecule has 3 heterocycles. The molecular weight excluding hydrogens is 540 g/mol. The number of carbonyl (C=O) groups excluding carboxylic acids is 2. The molecule has 41 heavy (non-hydrogen) atoms. The summed E-state index contributed by atoms with van der Waals surface area (Å²) in [4.78, 5) is 30.8. The number of hydrogen-bond donors (Lipinski definition) is 2. The number of morpholine rings is 1. The highest BCUT2D eigenvalue weighted by Gasteiger charge is 2.28. The molecule has 2 fully saturated rings. The number of likely N-dealkylation sites (tertiary alicyclic amines) is 1. The fourth-order valence-corrected chi connectivity index (χ4v) is 6.32. The van der Waals surface area contributed by atoms with Crippen molar-refractivity contribution in [2.75, 3.05) is 45.9 Å². The second-order valence-corrected chi connectivity index (χ2v) is 11.2. The second-order valence-electron chi connectivity index (χ2n) is 10.2. The summed E-state index contributed by atoms with van der Waals surface area (Å²) in [6, 6.07) is 19.0. The van der Waals surface area contributed by atoms with Crippen molar-refractivity contribution < 1.29 is 29.3 Å². The molecule has 0 aliphatic carbocycles. The van der Waals surface area contributed by atoms with Crippen LogP contribution in [-0.4, -0.2) is 83.7 Å². The van der Waals surface area contributed by atoms with Crippen LogP contribution in [0.4, 0.5) is 0 Å². The van der Waals surface area contributed by atoms with Gasteiger partial charge in [0.1, 0.15) is 23.4 Å². The molecule has 2 aliphatic heterocycles. The summed E-state index contributed by atoms with van der Waals surface area (Å²) in [5.41, 5.74) is 1.93. The first kappa shape index (κ1) is 27.0. The number of carbonyl (C=O) groups is 2. The molecule has 3 aromatic carbocycles. The minimum atomic E-state index is -0.121. The SMILES string of the molecule is O=C(c1ccc(OC2CN(C/C=C/C(=O)N3CCOCC3)C2)cc1)c1c(-c2ccc(O)cc2)sc2cc(O)ccc12. The van der Waals surface area contributed by atoms with Gasteiger partial charge in [0, 0.05) is 64.9 Å². The number of benzene rings is 3. The smallest absolute Gasteiger partial charge is 0.246 e. The van der Waals surface area contributed by atoms with Crippen LogP contribution in [0, 0.1) is 0 Å². The summed E-state index contributed by atoms with van der Waals surface area (Å²) >= 11 is 1.43. The van der Waals surface area contributed by atoms with E-state index in [4.69, 9.17) is 9.47 Å². The Morgan fingerprint density at radius 1 is 0.951 bits per heavy atom. The standard InChI is InChI=1S/C32H30N2O6S/c35-23-7-3-22(4-8-23)32-30(27-12-9-24(36)18-28(27)41-32)31(38)21-5-10-25(11-6-21)40-26-19-33(20-26)13-1-2-29(37)34-14-16-39-17-15-34/h1-12,18,26,35-36H,13-17,19-20H2/b2-1+. The normalized spacial score (nSPS) is 16.2. The van der Waals surface area contributed by atoms with Gasteiger partial charge in [-0.05, 0) is 72.3 Å². The van der Waals surface area contributed by atoms with Gasteiger partial charge in [-0.1, -0.05) is 6.08 Å². The highest BCUT2D eigenvalue weighted by Crippen LogP contribution is 2.41. The monoisotopic (exact) mass is 570 g/mol. The Hall–Kier alpha value is -4.18. The molecule has 1 aromatic heterocycles. The number of phenolic OH excluding ortho intramolecular Hbond substituents is 2. The summed E-state index contributed by atoms with van der Waals surface area (Å²) in [7, 11) is 0. The first-order chi connectivity index (χ1) is 19.9. The third kappa shape index (κ3) is 5.97. The fourth-order valence-electron chi connectivity index (χ4n) is 5.09. The third-order valence-electron chi connectivity index (χ3n) is 7.32. The maximum absolute atomic E-state index is 13.8. The Morgan fingerprint density at radius 3 is 2.39 bits per heavy atom. The Labute approximate surface area is 241 Å². The van der Waals surface area contributed by atoms with Gasteiger partial charge in [-0.15, -0.1) is 11.3 Å². The molecule has 4 aromatic rings. The summed E-state index contributed by atoms with van der Waals surface area (Å²) < 4.78 is 12.2. The molecule has 0 bridgehead atoms. The van der Waals surface area contributed by atoms with Crippen LogP contribution in [-0.2, 0) is 9.53 Å². The van der Waals surface area contributed by atoms with Crippen LogP contribution in [0.2, 0.25) is 0 Å². The quantitative estimate of drug-likeness (QED) is 0.234. The van der Waals surface area contributed by atoms with E-state index in [1.807, 2.05) is 18.2 Å². The molecule has 1 amide bonds. The Bertz CT molecular complexity index is 1580. The molecule has 0 radical (unpaired) electrons. The molecule has 9 heteroatoms. The molecule has 6 rings (SSSR count). The van der Waals surface area contributed by atoms with Crippen molar-refractivity contribution in [2.24, 2.45) is 0 Å². The molecule has 0 unspecified atom stereocenters. The van der Waals surface area contributed by atoms with Gasteiger partial charge < -0.3 is 24.6 Å². The van der Waals surface area contributed by atoms with Crippen LogP contribution in [0.25, 0.3) is 20.5 Å². The summed E-state index contributed by atoms with van der Waals surface area (Å²) in [5.74, 6) is 0.900. The van der Waals surface area contributed by atoms with E-state index in [-0.39, 0.29) is 29.3 Å². The van der Waals surface area contributed by atoms with Gasteiger partial charge in [0.05, 0.1) is 13.2 Å². The first-order valence-corrected chi connectivity index (χ1v) is 14.4. The van der Waals surface area contributed by atoms with Crippen molar-refractivity contribution in [3.63, 3.8) is 0 Å². The number of hydrogen-bond acceptors (Lipinski definition) is 8. The zero-order chi connectivity index (χ0) is 28.3. The average Bonchev–Trinajstić information content (AvgIpc) is 3.35. The summed E-state index contributed by atoms with van der Waals surface area (Å²) in [6.07, 6.45) is 3.59. The number of ketones is 1. The predicted molar refractivity (Wildman–Crippen MR) is 158 cm³/mol. The zero-order valence-corrected chi connectivity index (χ0v) is 23.2. The van der Waals surface area contributed by atoms with E-state index in [1.165, 1.54) is 11.3 Å². The molecule has 210 valence electrons. The minimum absolute atomic E-state index is 0.0278. The van der Waals surface area contributed by atoms with E-state index in [2.05, 4.69) is 4.90 Å². The van der Waals surface area contributed by atoms with Crippen molar-refractivity contribution in [3.05, 3.63) is 90.0 Å². The number of thiophene rings is 1. The lowest BCUT2D eigenvalue weighted by Gasteiger charge is -2.38. The van der Waals surface area contributed by atoms with E-state index >= 15 is 0 Å². The Balaban J connectivity index is 1.09. The van der Waals surface area contributed by atoms with Gasteiger partial charge in [0.15, 0.2) is 5.78 Å². The number of aromatic hydroxyl groups is 2. The van der Waals surface area contributed by atoms with Gasteiger partial charge in [-0.3, -0.25) is 14.5 Å². The highest BCUT2D eigenvalue weighted by molar-refractivity contribution is 7.22. The molecular formula is C32H30N2O6S. The second kappa shape index (κ2) is 11.7. The van der Waals surface area contributed by atoms with Gasteiger partial charge in [-0.25, -0.2) is 0 Å². The van der Waals surface area contributed by atoms with Crippen LogP contribution in [0.1, 0.15) is 15.9 Å². The van der Waals surface area contributed by atoms with Gasteiger partial charge in [-0.2, -0.15) is 0 Å². The van der Waals surface area contributed by atoms with E-state index < -0.39 is 0 Å². The van der Waals surface area contributed by atoms with Crippen LogP contribution < -0.4 is 4.74 Å². The van der Waals surface area contributed by atoms with Crippen molar-refractivity contribution in [3.8, 4) is 27.7 Å². The molecule has 0 atom stereocenters. The average molecular weight is 571 g/mol. The lowest BCUT2D eigenvalue weighted by Crippen LogP contribution is -2.53. The maximum atomic E-state index is 13.8. The number of nitrogens with zero attached hydrogens (tertiary/aromatic N) is 2. The Kier molecular flexibility index (Phi) is 7.74. The zero-order valence-electron chi connectivity index (χ0n) is 22.4. The number of fused-ring (bicyclic) bond motifs is 1. The van der Waals surface area contributed by atoms with Gasteiger partial charge in [0.2, 0.25) is 5.91 Å². The van der Waals surface area contributed by atoms with Crippen LogP contribution in [0.15, 0.2) is 78.9 Å². The predicted octanol–water partition coefficient (Wildman–Crippen LogP) is 4.69. The molecule has 0 spiro atoms. The Morgan fingerprint density at radius 2 is 1.66 bits per heavy atom. The lowest BCUT2D eigenvalue weighted by atomic mass is 9.97. The topological polar surface area (TPSA) is 99.5 Å². The summed E-state index contributed by atoms with van der Waals surface area (Å²) in [5, 5.41) is 20.5. The van der Waals surface area contributed by atoms with Gasteiger partial charge in [0.25, 0.3) is 0 Å². The molecule has 2 N–H and O–H groups in total. The van der Waals surface area contributed by atoms with Crippen molar-refractivity contribution >= 4 is 33.1 Å². The van der Waals surface area contributed by atoms with Crippen LogP contribution in [0.3, 0.4) is 0 Å². The molecule has 0 saturated carbocycles. The lowest BCUT2D eigenvalue weighted by molar-refractivity contribution is -0.130. The van der Waals surface area contributed by atoms with Crippen LogP contribution in [0.5, 0.6) is 17.2 Å². The van der Waals surface area contributed by atoms with Crippen molar-refractivity contribution in [1.82, 2.24) is 9.80 Å². The fraction of sp³-hybridized carbons (Fsp3) is 0.250. The van der Waals surface area contributed by atoms with E-state index in [0.29, 0.717) is 49.7 Å². The van der Waals surface area contributed by atoms with Crippen LogP contribution >= 0.6 is 11.3 Å². The van der Waals surface area contributed by atoms with Crippen molar-refractivity contribution in [1.29, 1.82) is 0 Å².